The van der Waals surface area contributed by atoms with Crippen LogP contribution in [0.15, 0.2) is 48.9 Å². The van der Waals surface area contributed by atoms with Crippen molar-refractivity contribution in [3.63, 3.8) is 0 Å². The second kappa shape index (κ2) is 7.09. The molecule has 3 heteroatoms. The highest BCUT2D eigenvalue weighted by molar-refractivity contribution is 5.92. The molecule has 0 saturated carbocycles. The van der Waals surface area contributed by atoms with Crippen LogP contribution in [0.3, 0.4) is 0 Å². The maximum absolute atomic E-state index is 2.30. The van der Waals surface area contributed by atoms with E-state index < -0.39 is 0 Å². The van der Waals surface area contributed by atoms with E-state index in [0.29, 0.717) is 0 Å². The molecule has 0 aliphatic heterocycles. The van der Waals surface area contributed by atoms with Gasteiger partial charge in [0, 0.05) is 41.3 Å². The number of rotatable bonds is 3. The van der Waals surface area contributed by atoms with E-state index in [0.717, 1.165) is 6.54 Å². The lowest BCUT2D eigenvalue weighted by atomic mass is 10.1. The first kappa shape index (κ1) is 16.7. The number of hydrogen-bond donors (Lipinski definition) is 0. The normalized spacial score (nSPS) is 11.0. The smallest absolute Gasteiger partial charge is 0.169 e. The molecule has 0 bridgehead atoms. The Morgan fingerprint density at radius 3 is 2.50 bits per heavy atom. The van der Waals surface area contributed by atoms with E-state index in [1.165, 1.54) is 27.6 Å². The molecule has 22 heavy (non-hydrogen) atoms. The summed E-state index contributed by atoms with van der Waals surface area (Å²) >= 11 is 0. The van der Waals surface area contributed by atoms with Gasteiger partial charge in [-0.1, -0.05) is 23.8 Å². The first-order valence-electron chi connectivity index (χ1n) is 7.40. The minimum absolute atomic E-state index is 0. The molecule has 0 aliphatic rings. The molecule has 2 nitrogen and oxygen atoms in total. The van der Waals surface area contributed by atoms with E-state index in [4.69, 9.17) is 0 Å². The average molecular weight is 404 g/mol. The van der Waals surface area contributed by atoms with Gasteiger partial charge >= 0.3 is 0 Å². The van der Waals surface area contributed by atoms with Gasteiger partial charge in [0.1, 0.15) is 7.05 Å². The third-order valence-corrected chi connectivity index (χ3v) is 3.87. The van der Waals surface area contributed by atoms with Gasteiger partial charge < -0.3 is 28.5 Å². The second-order valence-corrected chi connectivity index (χ2v) is 5.52. The number of halogens is 1. The maximum Gasteiger partial charge on any atom is 0.169 e. The van der Waals surface area contributed by atoms with E-state index >= 15 is 0 Å². The molecule has 1 aromatic carbocycles. The zero-order valence-corrected chi connectivity index (χ0v) is 15.4. The Hall–Kier alpha value is -1.62. The summed E-state index contributed by atoms with van der Waals surface area (Å²) in [6.07, 6.45) is 10.8. The average Bonchev–Trinajstić information content (AvgIpc) is 2.84. The molecular formula is C19H21IN2. The summed E-state index contributed by atoms with van der Waals surface area (Å²) in [6, 6.07) is 10.9. The minimum Gasteiger partial charge on any atom is -1.00 e. The lowest BCUT2D eigenvalue weighted by Crippen LogP contribution is -3.00. The summed E-state index contributed by atoms with van der Waals surface area (Å²) in [4.78, 5) is 0. The number of nitrogens with zero attached hydrogens (tertiary/aromatic N) is 2. The zero-order chi connectivity index (χ0) is 14.8. The Morgan fingerprint density at radius 2 is 1.82 bits per heavy atom. The molecule has 0 N–H and O–H groups in total. The summed E-state index contributed by atoms with van der Waals surface area (Å²) in [5.41, 5.74) is 5.11. The fourth-order valence-electron chi connectivity index (χ4n) is 2.64. The SMILES string of the molecule is CCn1cc(C=Cc2cc[n+](C)cc2)c2cc(C)ccc21.[I-]. The molecule has 0 amide bonds. The molecule has 3 rings (SSSR count). The zero-order valence-electron chi connectivity index (χ0n) is 13.3. The van der Waals surface area contributed by atoms with Gasteiger partial charge in [-0.2, -0.15) is 0 Å². The van der Waals surface area contributed by atoms with Crippen molar-refractivity contribution in [3.05, 3.63) is 65.6 Å². The highest BCUT2D eigenvalue weighted by Gasteiger charge is 2.05. The summed E-state index contributed by atoms with van der Waals surface area (Å²) in [6.45, 7) is 5.33. The minimum atomic E-state index is 0. The number of aromatic nitrogens is 2. The molecule has 0 spiro atoms. The van der Waals surface area contributed by atoms with Crippen LogP contribution in [-0.4, -0.2) is 4.57 Å². The van der Waals surface area contributed by atoms with Crippen LogP contribution < -0.4 is 28.5 Å². The van der Waals surface area contributed by atoms with Gasteiger partial charge in [-0.3, -0.25) is 0 Å². The summed E-state index contributed by atoms with van der Waals surface area (Å²) < 4.78 is 4.35. The first-order chi connectivity index (χ1) is 10.2. The van der Waals surface area contributed by atoms with Crippen LogP contribution in [-0.2, 0) is 13.6 Å². The van der Waals surface area contributed by atoms with Gasteiger partial charge in [0.05, 0.1) is 0 Å². The lowest BCUT2D eigenvalue weighted by molar-refractivity contribution is -0.671. The highest BCUT2D eigenvalue weighted by atomic mass is 127. The molecule has 0 aliphatic carbocycles. The molecular weight excluding hydrogens is 383 g/mol. The summed E-state index contributed by atoms with van der Waals surface area (Å²) in [5.74, 6) is 0. The van der Waals surface area contributed by atoms with Gasteiger partial charge in [-0.15, -0.1) is 0 Å². The Balaban J connectivity index is 0.00000176. The quantitative estimate of drug-likeness (QED) is 0.455. The van der Waals surface area contributed by atoms with Crippen molar-refractivity contribution < 1.29 is 28.5 Å². The van der Waals surface area contributed by atoms with Crippen LogP contribution in [0.4, 0.5) is 0 Å². The standard InChI is InChI=1S/C19H21N2.HI/c1-4-21-14-17(18-13-15(2)5-8-19(18)21)7-6-16-9-11-20(3)12-10-16;/h5-14H,4H2,1-3H3;1H/q+1;/p-1. The number of hydrogen-bond acceptors (Lipinski definition) is 0. The fourth-order valence-corrected chi connectivity index (χ4v) is 2.64. The van der Waals surface area contributed by atoms with E-state index in [1.807, 2.05) is 11.6 Å². The predicted molar refractivity (Wildman–Crippen MR) is 88.9 cm³/mol. The van der Waals surface area contributed by atoms with Crippen molar-refractivity contribution in [1.29, 1.82) is 0 Å². The van der Waals surface area contributed by atoms with Crippen molar-refractivity contribution in [1.82, 2.24) is 4.57 Å². The molecule has 2 heterocycles. The Bertz CT molecular complexity index is 798. The maximum atomic E-state index is 2.30. The Morgan fingerprint density at radius 1 is 1.09 bits per heavy atom. The summed E-state index contributed by atoms with van der Waals surface area (Å²) in [5, 5.41) is 1.33. The van der Waals surface area contributed by atoms with Crippen LogP contribution in [0.2, 0.25) is 0 Å². The van der Waals surface area contributed by atoms with Crippen LogP contribution in [0.5, 0.6) is 0 Å². The summed E-state index contributed by atoms with van der Waals surface area (Å²) in [7, 11) is 2.03. The van der Waals surface area contributed by atoms with E-state index in [9.17, 15) is 0 Å². The van der Waals surface area contributed by atoms with Gasteiger partial charge in [-0.25, -0.2) is 4.57 Å². The number of aryl methyl sites for hydroxylation is 3. The molecule has 0 atom stereocenters. The second-order valence-electron chi connectivity index (χ2n) is 5.52. The highest BCUT2D eigenvalue weighted by Crippen LogP contribution is 2.24. The largest absolute Gasteiger partial charge is 1.00 e. The van der Waals surface area contributed by atoms with Gasteiger partial charge in [-0.05, 0) is 31.5 Å². The van der Waals surface area contributed by atoms with Crippen molar-refractivity contribution >= 4 is 23.1 Å². The van der Waals surface area contributed by atoms with E-state index in [-0.39, 0.29) is 24.0 Å². The molecule has 0 unspecified atom stereocenters. The molecule has 0 radical (unpaired) electrons. The molecule has 0 saturated heterocycles. The topological polar surface area (TPSA) is 8.81 Å². The fraction of sp³-hybridized carbons (Fsp3) is 0.211. The van der Waals surface area contributed by atoms with Gasteiger partial charge in [0.2, 0.25) is 0 Å². The van der Waals surface area contributed by atoms with E-state index in [1.54, 1.807) is 0 Å². The van der Waals surface area contributed by atoms with Crippen LogP contribution in [0.25, 0.3) is 23.1 Å². The molecule has 114 valence electrons. The molecule has 0 fully saturated rings. The monoisotopic (exact) mass is 404 g/mol. The van der Waals surface area contributed by atoms with Crippen LogP contribution in [0, 0.1) is 6.92 Å². The predicted octanol–water partition coefficient (Wildman–Crippen LogP) is 0.969. The van der Waals surface area contributed by atoms with Crippen molar-refractivity contribution in [2.45, 2.75) is 20.4 Å². The van der Waals surface area contributed by atoms with Crippen LogP contribution in [0.1, 0.15) is 23.6 Å². The third-order valence-electron chi connectivity index (χ3n) is 3.87. The molecule has 3 aromatic rings. The third kappa shape index (κ3) is 3.40. The molecule has 2 aromatic heterocycles. The van der Waals surface area contributed by atoms with Crippen molar-refractivity contribution in [2.24, 2.45) is 7.05 Å². The Labute approximate surface area is 149 Å². The number of fused-ring (bicyclic) bond motifs is 1. The number of benzene rings is 1. The lowest BCUT2D eigenvalue weighted by Gasteiger charge is -2.00. The number of pyridine rings is 1. The van der Waals surface area contributed by atoms with E-state index in [2.05, 4.69) is 79.5 Å². The van der Waals surface area contributed by atoms with Crippen molar-refractivity contribution in [3.8, 4) is 0 Å². The van der Waals surface area contributed by atoms with Crippen molar-refractivity contribution in [2.75, 3.05) is 0 Å². The first-order valence-corrected chi connectivity index (χ1v) is 7.40. The van der Waals surface area contributed by atoms with Crippen LogP contribution >= 0.6 is 0 Å². The van der Waals surface area contributed by atoms with Gasteiger partial charge in [0.25, 0.3) is 0 Å². The van der Waals surface area contributed by atoms with Gasteiger partial charge in [0.15, 0.2) is 12.4 Å². The Kier molecular flexibility index (Phi) is 5.40.